The van der Waals surface area contributed by atoms with Crippen molar-refractivity contribution in [3.63, 3.8) is 0 Å². The van der Waals surface area contributed by atoms with Gasteiger partial charge in [-0.15, -0.1) is 11.8 Å². The molecule has 1 N–H and O–H groups in total. The van der Waals surface area contributed by atoms with Crippen molar-refractivity contribution in [1.29, 1.82) is 0 Å². The first kappa shape index (κ1) is 22.7. The molecule has 2 heterocycles. The fourth-order valence-corrected chi connectivity index (χ4v) is 6.19. The van der Waals surface area contributed by atoms with Crippen molar-refractivity contribution in [2.75, 3.05) is 29.8 Å². The van der Waals surface area contributed by atoms with E-state index in [2.05, 4.69) is 12.2 Å². The first-order valence-electron chi connectivity index (χ1n) is 10.6. The molecule has 2 aromatic rings. The van der Waals surface area contributed by atoms with Crippen LogP contribution in [0.4, 0.5) is 11.4 Å². The van der Waals surface area contributed by atoms with Gasteiger partial charge in [0.25, 0.3) is 10.0 Å². The summed E-state index contributed by atoms with van der Waals surface area (Å²) in [4.78, 5) is 28.2. The van der Waals surface area contributed by atoms with Gasteiger partial charge in [-0.2, -0.15) is 0 Å². The molecule has 1 fully saturated rings. The highest BCUT2D eigenvalue weighted by atomic mass is 32.2. The maximum atomic E-state index is 13.2. The number of nitrogens with zero attached hydrogens (tertiary/aromatic N) is 2. The van der Waals surface area contributed by atoms with Crippen LogP contribution in [0.5, 0.6) is 0 Å². The molecule has 9 heteroatoms. The first-order chi connectivity index (χ1) is 15.2. The highest BCUT2D eigenvalue weighted by Gasteiger charge is 2.37. The van der Waals surface area contributed by atoms with Crippen LogP contribution in [0.3, 0.4) is 0 Å². The summed E-state index contributed by atoms with van der Waals surface area (Å²) in [5.74, 6) is -0.000416. The van der Waals surface area contributed by atoms with Crippen LogP contribution in [0.2, 0.25) is 0 Å². The van der Waals surface area contributed by atoms with Crippen LogP contribution in [-0.2, 0) is 19.6 Å². The third-order valence-electron chi connectivity index (χ3n) is 6.04. The number of likely N-dealkylation sites (tertiary alicyclic amines) is 1. The topological polar surface area (TPSA) is 86.8 Å². The predicted octanol–water partition coefficient (Wildman–Crippen LogP) is 3.49. The number of nitrogens with one attached hydrogen (secondary N) is 1. The third-order valence-corrected chi connectivity index (χ3v) is 9.08. The zero-order chi connectivity index (χ0) is 23.0. The summed E-state index contributed by atoms with van der Waals surface area (Å²) in [6.07, 6.45) is 1.88. The molecule has 0 radical (unpaired) electrons. The Kier molecular flexibility index (Phi) is 6.22. The van der Waals surface area contributed by atoms with Gasteiger partial charge in [0.15, 0.2) is 5.25 Å². The smallest absolute Gasteiger partial charge is 0.264 e. The van der Waals surface area contributed by atoms with Gasteiger partial charge in [-0.25, -0.2) is 8.42 Å². The summed E-state index contributed by atoms with van der Waals surface area (Å²) in [6, 6.07) is 11.9. The number of piperidine rings is 1. The molecular formula is C23H27N3O4S2. The Bertz CT molecular complexity index is 1160. The van der Waals surface area contributed by atoms with Crippen molar-refractivity contribution in [2.45, 2.75) is 41.7 Å². The second-order valence-electron chi connectivity index (χ2n) is 8.46. The van der Waals surface area contributed by atoms with Gasteiger partial charge in [0.05, 0.1) is 16.3 Å². The summed E-state index contributed by atoms with van der Waals surface area (Å²) >= 11 is 1.18. The third kappa shape index (κ3) is 4.36. The van der Waals surface area contributed by atoms with Crippen LogP contribution >= 0.6 is 11.8 Å². The maximum Gasteiger partial charge on any atom is 0.264 e. The lowest BCUT2D eigenvalue weighted by molar-refractivity contribution is -0.135. The molecule has 1 saturated heterocycles. The van der Waals surface area contributed by atoms with E-state index in [0.29, 0.717) is 35.3 Å². The number of fused-ring (bicyclic) bond motifs is 1. The van der Waals surface area contributed by atoms with E-state index >= 15 is 0 Å². The molecule has 2 aliphatic rings. The van der Waals surface area contributed by atoms with Crippen molar-refractivity contribution < 1.29 is 18.0 Å². The highest BCUT2D eigenvalue weighted by Crippen LogP contribution is 2.38. The molecule has 32 heavy (non-hydrogen) atoms. The largest absolute Gasteiger partial charge is 0.341 e. The van der Waals surface area contributed by atoms with Crippen LogP contribution < -0.4 is 9.62 Å². The zero-order valence-electron chi connectivity index (χ0n) is 18.4. The summed E-state index contributed by atoms with van der Waals surface area (Å²) in [5.41, 5.74) is 1.93. The van der Waals surface area contributed by atoms with E-state index in [4.69, 9.17) is 0 Å². The number of carbonyl (C=O) groups excluding carboxylic acids is 2. The van der Waals surface area contributed by atoms with E-state index in [1.54, 1.807) is 29.2 Å². The van der Waals surface area contributed by atoms with Gasteiger partial charge in [-0.05, 0) is 61.6 Å². The van der Waals surface area contributed by atoms with Gasteiger partial charge in [-0.1, -0.05) is 19.1 Å². The molecule has 7 nitrogen and oxygen atoms in total. The number of aryl methyl sites for hydroxylation is 1. The Labute approximate surface area is 193 Å². The molecule has 0 aliphatic carbocycles. The van der Waals surface area contributed by atoms with Crippen LogP contribution in [-0.4, -0.2) is 50.5 Å². The van der Waals surface area contributed by atoms with Crippen molar-refractivity contribution >= 4 is 45.0 Å². The number of rotatable bonds is 4. The summed E-state index contributed by atoms with van der Waals surface area (Å²) < 4.78 is 27.6. The van der Waals surface area contributed by atoms with Gasteiger partial charge in [0, 0.05) is 25.0 Å². The lowest BCUT2D eigenvalue weighted by Gasteiger charge is -2.34. The molecule has 0 aromatic heterocycles. The minimum Gasteiger partial charge on any atom is -0.341 e. The Morgan fingerprint density at radius 2 is 1.88 bits per heavy atom. The number of hydrogen-bond acceptors (Lipinski definition) is 5. The van der Waals surface area contributed by atoms with E-state index in [9.17, 15) is 18.0 Å². The van der Waals surface area contributed by atoms with Crippen LogP contribution in [0.1, 0.15) is 25.3 Å². The van der Waals surface area contributed by atoms with E-state index in [1.165, 1.54) is 35.2 Å². The summed E-state index contributed by atoms with van der Waals surface area (Å²) in [5, 5.41) is 1.90. The number of amides is 2. The molecular weight excluding hydrogens is 446 g/mol. The number of carbonyl (C=O) groups is 2. The minimum atomic E-state index is -3.81. The van der Waals surface area contributed by atoms with E-state index in [1.807, 2.05) is 13.0 Å². The van der Waals surface area contributed by atoms with Gasteiger partial charge in [-0.3, -0.25) is 13.9 Å². The molecule has 4 rings (SSSR count). The van der Waals surface area contributed by atoms with E-state index in [-0.39, 0.29) is 10.8 Å². The standard InChI is InChI=1S/C23H27N3O4S2/c1-15-9-11-26(12-10-15)23(28)21-22(27)24-19-14-18(7-8-20(19)31-21)32(29,30)25(3)17-6-4-5-16(2)13-17/h4-8,13-15,21H,9-12H2,1-3H3,(H,24,27). The predicted molar refractivity (Wildman–Crippen MR) is 126 cm³/mol. The number of sulfonamides is 1. The lowest BCUT2D eigenvalue weighted by atomic mass is 9.99. The Morgan fingerprint density at radius 1 is 1.16 bits per heavy atom. The van der Waals surface area contributed by atoms with Crippen molar-refractivity contribution in [1.82, 2.24) is 4.90 Å². The zero-order valence-corrected chi connectivity index (χ0v) is 20.0. The van der Waals surface area contributed by atoms with Crippen molar-refractivity contribution in [3.05, 3.63) is 48.0 Å². The maximum absolute atomic E-state index is 13.2. The number of hydrogen-bond donors (Lipinski definition) is 1. The molecule has 2 amide bonds. The SMILES string of the molecule is Cc1cccc(N(C)S(=O)(=O)c2ccc3c(c2)NC(=O)C(C(=O)N2CCC(C)CC2)S3)c1. The quantitative estimate of drug-likeness (QED) is 0.687. The second kappa shape index (κ2) is 8.78. The van der Waals surface area contributed by atoms with Gasteiger partial charge >= 0.3 is 0 Å². The fraction of sp³-hybridized carbons (Fsp3) is 0.391. The molecule has 0 bridgehead atoms. The summed E-state index contributed by atoms with van der Waals surface area (Å²) in [6.45, 7) is 5.40. The molecule has 1 atom stereocenters. The minimum absolute atomic E-state index is 0.0796. The van der Waals surface area contributed by atoms with Crippen LogP contribution in [0.25, 0.3) is 0 Å². The molecule has 0 spiro atoms. The van der Waals surface area contributed by atoms with Crippen molar-refractivity contribution in [3.8, 4) is 0 Å². The van der Waals surface area contributed by atoms with E-state index < -0.39 is 21.2 Å². The number of benzene rings is 2. The average molecular weight is 474 g/mol. The molecule has 2 aliphatic heterocycles. The molecule has 1 unspecified atom stereocenters. The van der Waals surface area contributed by atoms with Crippen LogP contribution in [0, 0.1) is 12.8 Å². The van der Waals surface area contributed by atoms with E-state index in [0.717, 1.165) is 18.4 Å². The lowest BCUT2D eigenvalue weighted by Crippen LogP contribution is -2.47. The average Bonchev–Trinajstić information content (AvgIpc) is 2.77. The monoisotopic (exact) mass is 473 g/mol. The van der Waals surface area contributed by atoms with Crippen LogP contribution in [0.15, 0.2) is 52.3 Å². The Hall–Kier alpha value is -2.52. The normalized spacial score (nSPS) is 19.3. The Balaban J connectivity index is 1.55. The molecule has 170 valence electrons. The fourth-order valence-electron chi connectivity index (χ4n) is 3.93. The Morgan fingerprint density at radius 3 is 2.56 bits per heavy atom. The molecule has 0 saturated carbocycles. The number of thioether (sulfide) groups is 1. The van der Waals surface area contributed by atoms with Gasteiger partial charge in [0.2, 0.25) is 11.8 Å². The second-order valence-corrected chi connectivity index (χ2v) is 11.6. The first-order valence-corrected chi connectivity index (χ1v) is 12.9. The number of anilines is 2. The van der Waals surface area contributed by atoms with Crippen molar-refractivity contribution in [2.24, 2.45) is 5.92 Å². The van der Waals surface area contributed by atoms with Gasteiger partial charge in [0.1, 0.15) is 0 Å². The summed E-state index contributed by atoms with van der Waals surface area (Å²) in [7, 11) is -2.31. The van der Waals surface area contributed by atoms with Gasteiger partial charge < -0.3 is 10.2 Å². The molecule has 2 aromatic carbocycles. The highest BCUT2D eigenvalue weighted by molar-refractivity contribution is 8.01.